The first-order chi connectivity index (χ1) is 17.9. The number of carboxylic acids is 1. The monoisotopic (exact) mass is 560 g/mol. The molecule has 0 radical (unpaired) electrons. The largest absolute Gasteiger partial charge is 0.504 e. The summed E-state index contributed by atoms with van der Waals surface area (Å²) in [5, 5.41) is 30.1. The van der Waals surface area contributed by atoms with Gasteiger partial charge in [-0.15, -0.1) is 0 Å². The van der Waals surface area contributed by atoms with E-state index >= 15 is 0 Å². The Morgan fingerprint density at radius 1 is 0.974 bits per heavy atom. The molecule has 4 N–H and O–H groups in total. The Hall–Kier alpha value is -2.06. The topological polar surface area (TPSA) is 132 Å². The third-order valence-electron chi connectivity index (χ3n) is 12.6. The minimum Gasteiger partial charge on any atom is -0.504 e. The molecule has 216 valence electrons. The molecule has 1 aromatic rings. The zero-order chi connectivity index (χ0) is 29.0. The molecule has 5 rings (SSSR count). The number of fused-ring (bicyclic) bond motifs is 7. The highest BCUT2D eigenvalue weighted by molar-refractivity contribution is 7.86. The van der Waals surface area contributed by atoms with Crippen LogP contribution in [0.15, 0.2) is 17.7 Å². The van der Waals surface area contributed by atoms with Crippen molar-refractivity contribution in [2.75, 3.05) is 0 Å². The summed E-state index contributed by atoms with van der Waals surface area (Å²) < 4.78 is 36.2. The maximum Gasteiger partial charge on any atom is 0.309 e. The van der Waals surface area contributed by atoms with Gasteiger partial charge < -0.3 is 15.3 Å². The van der Waals surface area contributed by atoms with E-state index in [9.17, 15) is 33.1 Å². The van der Waals surface area contributed by atoms with E-state index in [1.807, 2.05) is 6.92 Å². The van der Waals surface area contributed by atoms with Crippen LogP contribution in [0.1, 0.15) is 114 Å². The van der Waals surface area contributed by atoms with Crippen LogP contribution in [-0.2, 0) is 20.3 Å². The number of hydrogen-bond acceptors (Lipinski definition) is 5. The van der Waals surface area contributed by atoms with Crippen LogP contribution in [0.25, 0.3) is 0 Å². The minimum absolute atomic E-state index is 0.260. The molecular formula is C31H44O7S. The maximum atomic E-state index is 12.9. The summed E-state index contributed by atoms with van der Waals surface area (Å²) in [6.45, 7) is 12.4. The van der Waals surface area contributed by atoms with Crippen LogP contribution in [-0.4, -0.2) is 34.3 Å². The Morgan fingerprint density at radius 3 is 2.26 bits per heavy atom. The van der Waals surface area contributed by atoms with Crippen molar-refractivity contribution < 1.29 is 33.1 Å². The van der Waals surface area contributed by atoms with E-state index in [0.29, 0.717) is 36.3 Å². The van der Waals surface area contributed by atoms with Crippen molar-refractivity contribution in [1.29, 1.82) is 0 Å². The number of carbonyl (C=O) groups is 1. The molecule has 0 saturated heterocycles. The average Bonchev–Trinajstić information content (AvgIpc) is 2.82. The van der Waals surface area contributed by atoms with Gasteiger partial charge in [0.15, 0.2) is 11.5 Å². The van der Waals surface area contributed by atoms with E-state index in [0.717, 1.165) is 44.1 Å². The predicted octanol–water partition coefficient (Wildman–Crippen LogP) is 6.81. The summed E-state index contributed by atoms with van der Waals surface area (Å²) in [7, 11) is -4.58. The summed E-state index contributed by atoms with van der Waals surface area (Å²) >= 11 is 0. The van der Waals surface area contributed by atoms with Crippen LogP contribution in [0, 0.1) is 34.5 Å². The molecule has 1 unspecified atom stereocenters. The lowest BCUT2D eigenvalue weighted by atomic mass is 9.33. The fourth-order valence-corrected chi connectivity index (χ4v) is 10.8. The molecule has 4 aliphatic rings. The highest BCUT2D eigenvalue weighted by Gasteiger charge is 2.68. The van der Waals surface area contributed by atoms with Crippen LogP contribution < -0.4 is 0 Å². The van der Waals surface area contributed by atoms with Crippen molar-refractivity contribution in [3.63, 3.8) is 0 Å². The van der Waals surface area contributed by atoms with E-state index in [2.05, 4.69) is 27.7 Å². The number of carboxylic acid groups (broad SMARTS) is 1. The van der Waals surface area contributed by atoms with E-state index in [4.69, 9.17) is 0 Å². The highest BCUT2D eigenvalue weighted by Crippen LogP contribution is 2.76. The standard InChI is InChI=1S/C31H44O7S/c1-18-24-20(15-21(32)25(18)33)28(3)13-14-31(6)29(4,23(28)16-22(24)39(36,37)38)12-10-19-9-7-8-11-27(2,26(34)35)17-30(19,31)5/h15-16,19,22,32-33H,7-14,17H2,1-6H3,(H,34,35)(H,36,37,38)/t19-,22?,27+,28-,29+,30+,31+/m0/s1. The molecule has 0 spiro atoms. The average molecular weight is 561 g/mol. The number of phenolic OH excluding ortho intramolecular Hbond substituents is 2. The number of aliphatic carboxylic acids is 1. The van der Waals surface area contributed by atoms with Gasteiger partial charge in [-0.25, -0.2) is 0 Å². The van der Waals surface area contributed by atoms with Gasteiger partial charge in [-0.1, -0.05) is 52.2 Å². The second-order valence-electron chi connectivity index (χ2n) is 14.3. The van der Waals surface area contributed by atoms with Gasteiger partial charge in [0.05, 0.1) is 5.41 Å². The van der Waals surface area contributed by atoms with E-state index in [-0.39, 0.29) is 27.9 Å². The summed E-state index contributed by atoms with van der Waals surface area (Å²) in [6, 6.07) is 1.49. The van der Waals surface area contributed by atoms with Crippen molar-refractivity contribution in [1.82, 2.24) is 0 Å². The molecule has 0 aromatic heterocycles. The number of phenols is 2. The Balaban J connectivity index is 1.75. The molecule has 0 bridgehead atoms. The van der Waals surface area contributed by atoms with Gasteiger partial charge in [0, 0.05) is 5.41 Å². The Morgan fingerprint density at radius 2 is 1.64 bits per heavy atom. The quantitative estimate of drug-likeness (QED) is 0.177. The second-order valence-corrected chi connectivity index (χ2v) is 15.8. The lowest BCUT2D eigenvalue weighted by Gasteiger charge is -2.71. The molecule has 39 heavy (non-hydrogen) atoms. The fraction of sp³-hybridized carbons (Fsp3) is 0.710. The van der Waals surface area contributed by atoms with Gasteiger partial charge in [-0.05, 0) is 104 Å². The van der Waals surface area contributed by atoms with Gasteiger partial charge in [0.25, 0.3) is 10.1 Å². The molecule has 0 amide bonds. The summed E-state index contributed by atoms with van der Waals surface area (Å²) in [5.41, 5.74) is -0.338. The third kappa shape index (κ3) is 3.62. The van der Waals surface area contributed by atoms with Crippen LogP contribution >= 0.6 is 0 Å². The van der Waals surface area contributed by atoms with Gasteiger partial charge in [-0.3, -0.25) is 9.35 Å². The van der Waals surface area contributed by atoms with Crippen molar-refractivity contribution in [2.24, 2.45) is 27.6 Å². The van der Waals surface area contributed by atoms with Crippen LogP contribution in [0.5, 0.6) is 11.5 Å². The number of rotatable bonds is 2. The first-order valence-corrected chi connectivity index (χ1v) is 15.8. The minimum atomic E-state index is -4.58. The number of allylic oxidation sites excluding steroid dienone is 1. The molecule has 4 aliphatic carbocycles. The molecule has 7 atom stereocenters. The summed E-state index contributed by atoms with van der Waals surface area (Å²) in [6.07, 6.45) is 9.20. The van der Waals surface area contributed by atoms with Crippen LogP contribution in [0.3, 0.4) is 0 Å². The van der Waals surface area contributed by atoms with E-state index in [1.54, 1.807) is 13.0 Å². The number of hydrogen-bond donors (Lipinski definition) is 4. The molecule has 3 fully saturated rings. The van der Waals surface area contributed by atoms with E-state index in [1.165, 1.54) is 6.07 Å². The van der Waals surface area contributed by atoms with Crippen molar-refractivity contribution in [3.05, 3.63) is 34.4 Å². The van der Waals surface area contributed by atoms with Crippen molar-refractivity contribution in [3.8, 4) is 11.5 Å². The maximum absolute atomic E-state index is 12.9. The lowest BCUT2D eigenvalue weighted by molar-refractivity contribution is -0.181. The first-order valence-electron chi connectivity index (χ1n) is 14.3. The molecule has 0 aliphatic heterocycles. The number of aromatic hydroxyl groups is 2. The zero-order valence-corrected chi connectivity index (χ0v) is 24.9. The highest BCUT2D eigenvalue weighted by atomic mass is 32.2. The van der Waals surface area contributed by atoms with Gasteiger partial charge in [0.2, 0.25) is 0 Å². The van der Waals surface area contributed by atoms with E-state index < -0.39 is 37.6 Å². The van der Waals surface area contributed by atoms with Crippen LogP contribution in [0.2, 0.25) is 0 Å². The van der Waals surface area contributed by atoms with Gasteiger partial charge >= 0.3 is 5.97 Å². The van der Waals surface area contributed by atoms with Crippen molar-refractivity contribution >= 4 is 16.1 Å². The summed E-state index contributed by atoms with van der Waals surface area (Å²) in [5.74, 6) is -1.04. The Bertz CT molecular complexity index is 1380. The SMILES string of the molecule is Cc1c(O)c(O)cc2c1C(S(=O)(=O)O)C=C1[C@@]2(C)CC[C@]2(C)[C@]1(C)CC[C@@H]1CCCC[C@@](C)(C(=O)O)C[C@]12C. The predicted molar refractivity (Wildman–Crippen MR) is 149 cm³/mol. The molecule has 0 heterocycles. The zero-order valence-electron chi connectivity index (χ0n) is 24.1. The Labute approximate surface area is 232 Å². The van der Waals surface area contributed by atoms with Crippen molar-refractivity contribution in [2.45, 2.75) is 110 Å². The molecular weight excluding hydrogens is 516 g/mol. The first kappa shape index (κ1) is 28.5. The third-order valence-corrected chi connectivity index (χ3v) is 13.6. The van der Waals surface area contributed by atoms with Gasteiger partial charge in [-0.2, -0.15) is 8.42 Å². The molecule has 1 aromatic carbocycles. The number of benzene rings is 1. The van der Waals surface area contributed by atoms with Crippen LogP contribution in [0.4, 0.5) is 0 Å². The smallest absolute Gasteiger partial charge is 0.309 e. The summed E-state index contributed by atoms with van der Waals surface area (Å²) in [4.78, 5) is 12.6. The Kier molecular flexibility index (Phi) is 6.19. The van der Waals surface area contributed by atoms with Gasteiger partial charge in [0.1, 0.15) is 5.25 Å². The fourth-order valence-electron chi connectivity index (χ4n) is 9.91. The lowest BCUT2D eigenvalue weighted by Crippen LogP contribution is -2.63. The molecule has 7 nitrogen and oxygen atoms in total. The molecule has 3 saturated carbocycles. The normalized spacial score (nSPS) is 42.1. The second kappa shape index (κ2) is 8.48. The molecule has 8 heteroatoms.